The number of carbonyl (C=O) groups is 1. The molecule has 0 unspecified atom stereocenters. The van der Waals surface area contributed by atoms with Gasteiger partial charge in [0.25, 0.3) is 0 Å². The summed E-state index contributed by atoms with van der Waals surface area (Å²) < 4.78 is 19.1. The first-order valence-corrected chi connectivity index (χ1v) is 8.93. The summed E-state index contributed by atoms with van der Waals surface area (Å²) in [5.74, 6) is -1.25. The Labute approximate surface area is 152 Å². The SMILES string of the molecule is Cc1ccc([C@@H]2CCC[C@H](CCc3cc(C(=O)O)nc(CF)n3)O2)cc1. The normalized spacial score (nSPS) is 20.1. The van der Waals surface area contributed by atoms with Crippen LogP contribution in [-0.4, -0.2) is 27.1 Å². The van der Waals surface area contributed by atoms with Crippen LogP contribution in [0.4, 0.5) is 4.39 Å². The van der Waals surface area contributed by atoms with Gasteiger partial charge >= 0.3 is 5.97 Å². The van der Waals surface area contributed by atoms with Crippen molar-refractivity contribution in [2.75, 3.05) is 0 Å². The Kier molecular flexibility index (Phi) is 5.93. The largest absolute Gasteiger partial charge is 0.477 e. The van der Waals surface area contributed by atoms with Gasteiger partial charge in [-0.1, -0.05) is 29.8 Å². The Morgan fingerprint density at radius 1 is 1.27 bits per heavy atom. The standard InChI is InChI=1S/C20H23FN2O3/c1-13-5-7-14(8-6-13)18-4-2-3-16(26-18)10-9-15-11-17(20(24)25)23-19(12-21)22-15/h5-8,11,16,18H,2-4,9-10,12H2,1H3,(H,24,25)/t16-,18+/m1/s1. The van der Waals surface area contributed by atoms with Crippen LogP contribution in [-0.2, 0) is 17.8 Å². The zero-order valence-electron chi connectivity index (χ0n) is 14.8. The fraction of sp³-hybridized carbons (Fsp3) is 0.450. The number of carboxylic acid groups (broad SMARTS) is 1. The monoisotopic (exact) mass is 358 g/mol. The van der Waals surface area contributed by atoms with Crippen LogP contribution in [0, 0.1) is 6.92 Å². The van der Waals surface area contributed by atoms with Crippen LogP contribution in [0.25, 0.3) is 0 Å². The van der Waals surface area contributed by atoms with E-state index in [-0.39, 0.29) is 23.7 Å². The number of aromatic carboxylic acids is 1. The molecule has 1 saturated heterocycles. The molecule has 1 N–H and O–H groups in total. The third-order valence-electron chi connectivity index (χ3n) is 4.68. The second-order valence-electron chi connectivity index (χ2n) is 6.73. The average molecular weight is 358 g/mol. The molecule has 2 heterocycles. The number of nitrogens with zero attached hydrogens (tertiary/aromatic N) is 2. The van der Waals surface area contributed by atoms with Crippen molar-refractivity contribution in [3.8, 4) is 0 Å². The molecular weight excluding hydrogens is 335 g/mol. The number of aromatic nitrogens is 2. The molecule has 1 aromatic heterocycles. The van der Waals surface area contributed by atoms with Crippen molar-refractivity contribution in [2.24, 2.45) is 0 Å². The lowest BCUT2D eigenvalue weighted by atomic mass is 9.95. The minimum Gasteiger partial charge on any atom is -0.477 e. The number of carboxylic acids is 1. The maximum absolute atomic E-state index is 12.9. The van der Waals surface area contributed by atoms with Gasteiger partial charge in [-0.2, -0.15) is 0 Å². The fourth-order valence-electron chi connectivity index (χ4n) is 3.30. The van der Waals surface area contributed by atoms with Crippen LogP contribution in [0.3, 0.4) is 0 Å². The Hall–Kier alpha value is -2.34. The van der Waals surface area contributed by atoms with E-state index in [4.69, 9.17) is 9.84 Å². The molecule has 1 fully saturated rings. The smallest absolute Gasteiger partial charge is 0.354 e. The highest BCUT2D eigenvalue weighted by molar-refractivity contribution is 5.85. The number of rotatable bonds is 6. The van der Waals surface area contributed by atoms with E-state index >= 15 is 0 Å². The van der Waals surface area contributed by atoms with Crippen LogP contribution >= 0.6 is 0 Å². The first-order valence-electron chi connectivity index (χ1n) is 8.93. The van der Waals surface area contributed by atoms with Gasteiger partial charge in [0.15, 0.2) is 11.5 Å². The Morgan fingerprint density at radius 2 is 2.04 bits per heavy atom. The van der Waals surface area contributed by atoms with Crippen molar-refractivity contribution >= 4 is 5.97 Å². The fourth-order valence-corrected chi connectivity index (χ4v) is 3.30. The summed E-state index contributed by atoms with van der Waals surface area (Å²) in [7, 11) is 0. The molecule has 1 aliphatic heterocycles. The molecule has 2 aromatic rings. The van der Waals surface area contributed by atoms with Crippen molar-refractivity contribution in [3.63, 3.8) is 0 Å². The van der Waals surface area contributed by atoms with Gasteiger partial charge in [-0.05, 0) is 50.7 Å². The van der Waals surface area contributed by atoms with Crippen LogP contribution < -0.4 is 0 Å². The van der Waals surface area contributed by atoms with E-state index < -0.39 is 12.6 Å². The summed E-state index contributed by atoms with van der Waals surface area (Å²) in [6.45, 7) is 1.19. The van der Waals surface area contributed by atoms with Gasteiger partial charge in [0.05, 0.1) is 12.2 Å². The summed E-state index contributed by atoms with van der Waals surface area (Å²) in [5.41, 5.74) is 2.80. The lowest BCUT2D eigenvalue weighted by Gasteiger charge is -2.30. The van der Waals surface area contributed by atoms with Gasteiger partial charge in [0.2, 0.25) is 0 Å². The third-order valence-corrected chi connectivity index (χ3v) is 4.68. The summed E-state index contributed by atoms with van der Waals surface area (Å²) in [6, 6.07) is 9.82. The zero-order valence-corrected chi connectivity index (χ0v) is 14.8. The second kappa shape index (κ2) is 8.36. The minimum atomic E-state index is -1.17. The van der Waals surface area contributed by atoms with E-state index in [0.717, 1.165) is 25.7 Å². The highest BCUT2D eigenvalue weighted by Gasteiger charge is 2.24. The molecule has 3 rings (SSSR count). The molecule has 0 aliphatic carbocycles. The molecule has 0 radical (unpaired) electrons. The minimum absolute atomic E-state index is 0.0815. The number of aryl methyl sites for hydroxylation is 2. The number of ether oxygens (including phenoxy) is 1. The van der Waals surface area contributed by atoms with Crippen molar-refractivity contribution in [1.29, 1.82) is 0 Å². The van der Waals surface area contributed by atoms with Crippen LogP contribution in [0.2, 0.25) is 0 Å². The topological polar surface area (TPSA) is 72.3 Å². The van der Waals surface area contributed by atoms with E-state index in [1.54, 1.807) is 0 Å². The third kappa shape index (κ3) is 4.64. The average Bonchev–Trinajstić information content (AvgIpc) is 2.67. The number of alkyl halides is 1. The molecule has 138 valence electrons. The summed E-state index contributed by atoms with van der Waals surface area (Å²) in [6.07, 6.45) is 4.51. The molecule has 5 nitrogen and oxygen atoms in total. The van der Waals surface area contributed by atoms with Gasteiger partial charge in [-0.15, -0.1) is 0 Å². The molecular formula is C20H23FN2O3. The highest BCUT2D eigenvalue weighted by Crippen LogP contribution is 2.32. The molecule has 26 heavy (non-hydrogen) atoms. The molecule has 2 atom stereocenters. The highest BCUT2D eigenvalue weighted by atomic mass is 19.1. The van der Waals surface area contributed by atoms with E-state index in [9.17, 15) is 9.18 Å². The maximum Gasteiger partial charge on any atom is 0.354 e. The lowest BCUT2D eigenvalue weighted by Crippen LogP contribution is -2.23. The second-order valence-corrected chi connectivity index (χ2v) is 6.73. The molecule has 0 bridgehead atoms. The number of benzene rings is 1. The molecule has 0 spiro atoms. The van der Waals surface area contributed by atoms with Crippen LogP contribution in [0.1, 0.15) is 64.9 Å². The number of hydrogen-bond acceptors (Lipinski definition) is 4. The number of hydrogen-bond donors (Lipinski definition) is 1. The van der Waals surface area contributed by atoms with Gasteiger partial charge in [0, 0.05) is 5.69 Å². The van der Waals surface area contributed by atoms with Crippen molar-refractivity contribution in [2.45, 2.75) is 57.9 Å². The van der Waals surface area contributed by atoms with Crippen LogP contribution in [0.5, 0.6) is 0 Å². The van der Waals surface area contributed by atoms with E-state index in [1.165, 1.54) is 17.2 Å². The molecule has 0 saturated carbocycles. The first-order chi connectivity index (χ1) is 12.5. The summed E-state index contributed by atoms with van der Waals surface area (Å²) in [4.78, 5) is 18.9. The predicted octanol–water partition coefficient (Wildman–Crippen LogP) is 4.20. The molecule has 6 heteroatoms. The summed E-state index contributed by atoms with van der Waals surface area (Å²) >= 11 is 0. The van der Waals surface area contributed by atoms with E-state index in [2.05, 4.69) is 41.2 Å². The van der Waals surface area contributed by atoms with Crippen LogP contribution in [0.15, 0.2) is 30.3 Å². The van der Waals surface area contributed by atoms with Crippen molar-refractivity contribution in [3.05, 3.63) is 58.7 Å². The predicted molar refractivity (Wildman–Crippen MR) is 94.8 cm³/mol. The number of halogens is 1. The first kappa shape index (κ1) is 18.5. The van der Waals surface area contributed by atoms with Gasteiger partial charge in [-0.3, -0.25) is 0 Å². The van der Waals surface area contributed by atoms with Gasteiger partial charge in [-0.25, -0.2) is 19.2 Å². The quantitative estimate of drug-likeness (QED) is 0.838. The Bertz CT molecular complexity index is 764. The zero-order chi connectivity index (χ0) is 18.5. The Balaban J connectivity index is 1.63. The summed E-state index contributed by atoms with van der Waals surface area (Å²) in [5, 5.41) is 9.09. The molecule has 1 aliphatic rings. The van der Waals surface area contributed by atoms with Gasteiger partial charge in [0.1, 0.15) is 6.67 Å². The van der Waals surface area contributed by atoms with E-state index in [0.29, 0.717) is 12.1 Å². The molecule has 0 amide bonds. The van der Waals surface area contributed by atoms with Crippen molar-refractivity contribution in [1.82, 2.24) is 9.97 Å². The Morgan fingerprint density at radius 3 is 2.73 bits per heavy atom. The maximum atomic E-state index is 12.9. The van der Waals surface area contributed by atoms with Gasteiger partial charge < -0.3 is 9.84 Å². The van der Waals surface area contributed by atoms with E-state index in [1.807, 2.05) is 0 Å². The lowest BCUT2D eigenvalue weighted by molar-refractivity contribution is -0.0547. The molecule has 1 aromatic carbocycles. The van der Waals surface area contributed by atoms with Crippen molar-refractivity contribution < 1.29 is 19.0 Å².